The summed E-state index contributed by atoms with van der Waals surface area (Å²) < 4.78 is 11.0. The van der Waals surface area contributed by atoms with Crippen molar-refractivity contribution in [3.63, 3.8) is 0 Å². The van der Waals surface area contributed by atoms with Crippen LogP contribution in [0.3, 0.4) is 0 Å². The van der Waals surface area contributed by atoms with E-state index in [0.29, 0.717) is 0 Å². The second-order valence-electron chi connectivity index (χ2n) is 3.90. The van der Waals surface area contributed by atoms with Crippen LogP contribution in [-0.2, 0) is 0 Å². The SMILES string of the molecule is CC.c1cc2ccc3c(ccc4ccoc43)c2o1. The summed E-state index contributed by atoms with van der Waals surface area (Å²) in [5.41, 5.74) is 1.85. The molecule has 0 atom stereocenters. The van der Waals surface area contributed by atoms with E-state index in [1.807, 2.05) is 26.0 Å². The predicted molar refractivity (Wildman–Crippen MR) is 74.8 cm³/mol. The van der Waals surface area contributed by atoms with Crippen LogP contribution in [0.2, 0.25) is 0 Å². The van der Waals surface area contributed by atoms with E-state index in [1.165, 1.54) is 0 Å². The van der Waals surface area contributed by atoms with Crippen LogP contribution in [0.25, 0.3) is 32.7 Å². The van der Waals surface area contributed by atoms with E-state index in [2.05, 4.69) is 24.3 Å². The topological polar surface area (TPSA) is 26.3 Å². The Morgan fingerprint density at radius 2 is 1.06 bits per heavy atom. The van der Waals surface area contributed by atoms with E-state index in [0.717, 1.165) is 32.7 Å². The highest BCUT2D eigenvalue weighted by atomic mass is 16.3. The third kappa shape index (κ3) is 1.42. The van der Waals surface area contributed by atoms with Gasteiger partial charge in [-0.1, -0.05) is 26.0 Å². The lowest BCUT2D eigenvalue weighted by atomic mass is 10.1. The van der Waals surface area contributed by atoms with Gasteiger partial charge in [-0.15, -0.1) is 0 Å². The number of benzene rings is 2. The number of hydrogen-bond acceptors (Lipinski definition) is 2. The van der Waals surface area contributed by atoms with Gasteiger partial charge < -0.3 is 8.83 Å². The molecule has 0 saturated carbocycles. The Bertz CT molecular complexity index is 736. The average molecular weight is 238 g/mol. The molecule has 0 bridgehead atoms. The summed E-state index contributed by atoms with van der Waals surface area (Å²) in [5, 5.41) is 4.45. The summed E-state index contributed by atoms with van der Waals surface area (Å²) in [4.78, 5) is 0. The van der Waals surface area contributed by atoms with Gasteiger partial charge in [0, 0.05) is 21.5 Å². The molecule has 2 aromatic carbocycles. The molecule has 0 saturated heterocycles. The number of rotatable bonds is 0. The van der Waals surface area contributed by atoms with Gasteiger partial charge >= 0.3 is 0 Å². The molecule has 0 spiro atoms. The first-order valence-electron chi connectivity index (χ1n) is 6.20. The van der Waals surface area contributed by atoms with E-state index < -0.39 is 0 Å². The monoisotopic (exact) mass is 238 g/mol. The molecule has 2 heterocycles. The Morgan fingerprint density at radius 3 is 1.50 bits per heavy atom. The fraction of sp³-hybridized carbons (Fsp3) is 0.125. The number of fused-ring (bicyclic) bond motifs is 5. The maximum Gasteiger partial charge on any atom is 0.141 e. The second kappa shape index (κ2) is 4.22. The third-order valence-corrected chi connectivity index (χ3v) is 3.03. The molecule has 0 N–H and O–H groups in total. The molecule has 0 unspecified atom stereocenters. The van der Waals surface area contributed by atoms with Crippen LogP contribution >= 0.6 is 0 Å². The summed E-state index contributed by atoms with van der Waals surface area (Å²) in [7, 11) is 0. The van der Waals surface area contributed by atoms with Crippen molar-refractivity contribution in [3.05, 3.63) is 48.9 Å². The lowest BCUT2D eigenvalue weighted by Crippen LogP contribution is -1.74. The molecule has 2 nitrogen and oxygen atoms in total. The molecule has 0 aliphatic heterocycles. The lowest BCUT2D eigenvalue weighted by Gasteiger charge is -1.99. The molecule has 0 aliphatic carbocycles. The van der Waals surface area contributed by atoms with Crippen LogP contribution in [0.15, 0.2) is 57.8 Å². The van der Waals surface area contributed by atoms with Gasteiger partial charge in [0.25, 0.3) is 0 Å². The highest BCUT2D eigenvalue weighted by Crippen LogP contribution is 2.31. The fourth-order valence-electron chi connectivity index (χ4n) is 2.26. The van der Waals surface area contributed by atoms with Crippen LogP contribution in [0.1, 0.15) is 13.8 Å². The minimum atomic E-state index is 0.927. The van der Waals surface area contributed by atoms with Gasteiger partial charge in [-0.2, -0.15) is 0 Å². The van der Waals surface area contributed by atoms with Crippen molar-refractivity contribution in [2.75, 3.05) is 0 Å². The summed E-state index contributed by atoms with van der Waals surface area (Å²) in [6.07, 6.45) is 3.44. The van der Waals surface area contributed by atoms with Gasteiger partial charge in [-0.25, -0.2) is 0 Å². The number of hydrogen-bond donors (Lipinski definition) is 0. The predicted octanol–water partition coefficient (Wildman–Crippen LogP) is 5.36. The van der Waals surface area contributed by atoms with E-state index in [4.69, 9.17) is 8.83 Å². The summed E-state index contributed by atoms with van der Waals surface area (Å²) in [6.45, 7) is 4.00. The highest BCUT2D eigenvalue weighted by Gasteiger charge is 2.07. The Balaban J connectivity index is 0.000000478. The third-order valence-electron chi connectivity index (χ3n) is 3.03. The molecule has 0 fully saturated rings. The second-order valence-corrected chi connectivity index (χ2v) is 3.90. The van der Waals surface area contributed by atoms with Crippen molar-refractivity contribution < 1.29 is 8.83 Å². The van der Waals surface area contributed by atoms with Crippen LogP contribution in [-0.4, -0.2) is 0 Å². The molecular weight excluding hydrogens is 224 g/mol. The molecule has 2 aromatic heterocycles. The van der Waals surface area contributed by atoms with Crippen molar-refractivity contribution in [1.29, 1.82) is 0 Å². The van der Waals surface area contributed by atoms with E-state index >= 15 is 0 Å². The lowest BCUT2D eigenvalue weighted by molar-refractivity contribution is 0.616. The molecule has 4 rings (SSSR count). The zero-order valence-corrected chi connectivity index (χ0v) is 10.4. The van der Waals surface area contributed by atoms with Crippen molar-refractivity contribution in [1.82, 2.24) is 0 Å². The summed E-state index contributed by atoms with van der Waals surface area (Å²) in [6, 6.07) is 12.2. The standard InChI is InChI=1S/C14H8O2.C2H6/c1-3-11-12(13-9(1)5-7-15-13)4-2-10-6-8-16-14(10)11;1-2/h1-8H;1-2H3. The fourth-order valence-corrected chi connectivity index (χ4v) is 2.26. The quantitative estimate of drug-likeness (QED) is 0.412. The average Bonchev–Trinajstić information content (AvgIpc) is 3.08. The van der Waals surface area contributed by atoms with Crippen LogP contribution in [0.5, 0.6) is 0 Å². The molecule has 2 heteroatoms. The van der Waals surface area contributed by atoms with Gasteiger partial charge in [0.05, 0.1) is 12.5 Å². The van der Waals surface area contributed by atoms with Crippen molar-refractivity contribution in [2.24, 2.45) is 0 Å². The first-order chi connectivity index (χ1) is 8.93. The molecular formula is C16H14O2. The van der Waals surface area contributed by atoms with Gasteiger partial charge in [-0.05, 0) is 24.3 Å². The maximum atomic E-state index is 5.51. The largest absolute Gasteiger partial charge is 0.464 e. The first kappa shape index (κ1) is 10.9. The van der Waals surface area contributed by atoms with Gasteiger partial charge in [-0.3, -0.25) is 0 Å². The van der Waals surface area contributed by atoms with Gasteiger partial charge in [0.2, 0.25) is 0 Å². The van der Waals surface area contributed by atoms with E-state index in [-0.39, 0.29) is 0 Å². The molecule has 90 valence electrons. The smallest absolute Gasteiger partial charge is 0.141 e. The highest BCUT2D eigenvalue weighted by molar-refractivity contribution is 6.13. The minimum absolute atomic E-state index is 0.927. The maximum absolute atomic E-state index is 5.51. The summed E-state index contributed by atoms with van der Waals surface area (Å²) >= 11 is 0. The normalized spacial score (nSPS) is 10.8. The van der Waals surface area contributed by atoms with E-state index in [9.17, 15) is 0 Å². The molecule has 0 radical (unpaired) electrons. The van der Waals surface area contributed by atoms with Crippen molar-refractivity contribution in [2.45, 2.75) is 13.8 Å². The zero-order chi connectivity index (χ0) is 12.5. The molecule has 18 heavy (non-hydrogen) atoms. The Labute approximate surface area is 105 Å². The Kier molecular flexibility index (Phi) is 2.56. The first-order valence-corrected chi connectivity index (χ1v) is 6.20. The summed E-state index contributed by atoms with van der Waals surface area (Å²) in [5.74, 6) is 0. The Morgan fingerprint density at radius 1 is 0.611 bits per heavy atom. The minimum Gasteiger partial charge on any atom is -0.464 e. The van der Waals surface area contributed by atoms with Crippen molar-refractivity contribution in [3.8, 4) is 0 Å². The van der Waals surface area contributed by atoms with Crippen LogP contribution in [0, 0.1) is 0 Å². The van der Waals surface area contributed by atoms with E-state index in [1.54, 1.807) is 12.5 Å². The van der Waals surface area contributed by atoms with Gasteiger partial charge in [0.15, 0.2) is 0 Å². The van der Waals surface area contributed by atoms with Crippen LogP contribution in [0.4, 0.5) is 0 Å². The Hall–Kier alpha value is -2.22. The van der Waals surface area contributed by atoms with Crippen molar-refractivity contribution >= 4 is 32.7 Å². The van der Waals surface area contributed by atoms with Crippen LogP contribution < -0.4 is 0 Å². The molecule has 4 aromatic rings. The zero-order valence-electron chi connectivity index (χ0n) is 10.4. The van der Waals surface area contributed by atoms with Gasteiger partial charge in [0.1, 0.15) is 11.2 Å². The number of furan rings is 2. The molecule has 0 aliphatic rings. The molecule has 0 amide bonds.